The number of nitrogens with two attached hydrogens (primary N) is 1. The van der Waals surface area contributed by atoms with Gasteiger partial charge in [-0.05, 0) is 30.7 Å². The van der Waals surface area contributed by atoms with E-state index in [1.807, 2.05) is 30.3 Å². The Morgan fingerprint density at radius 3 is 2.79 bits per heavy atom. The third-order valence-corrected chi connectivity index (χ3v) is 6.05. The quantitative estimate of drug-likeness (QED) is 0.452. The van der Waals surface area contributed by atoms with Gasteiger partial charge in [0.1, 0.15) is 17.7 Å². The molecule has 33 heavy (non-hydrogen) atoms. The third-order valence-electron chi connectivity index (χ3n) is 4.87. The summed E-state index contributed by atoms with van der Waals surface area (Å²) in [6.45, 7) is 2.33. The number of anilines is 3. The molecule has 4 N–H and O–H groups in total. The predicted octanol–water partition coefficient (Wildman–Crippen LogP) is 4.05. The molecule has 2 heterocycles. The molecule has 0 unspecified atom stereocenters. The molecule has 1 aliphatic heterocycles. The Morgan fingerprint density at radius 1 is 1.33 bits per heavy atom. The number of nitrogen functional groups attached to an aromatic ring is 1. The predicted molar refractivity (Wildman–Crippen MR) is 130 cm³/mol. The van der Waals surface area contributed by atoms with Crippen LogP contribution in [0.1, 0.15) is 17.3 Å². The zero-order chi connectivity index (χ0) is 23.5. The Hall–Kier alpha value is -3.57. The molecule has 2 amide bonds. The molecule has 1 aromatic heterocycles. The number of hydrogen-bond acceptors (Lipinski definition) is 7. The maximum absolute atomic E-state index is 14.8. The Morgan fingerprint density at radius 2 is 2.09 bits per heavy atom. The van der Waals surface area contributed by atoms with Gasteiger partial charge >= 0.3 is 6.09 Å². The summed E-state index contributed by atoms with van der Waals surface area (Å²) in [4.78, 5) is 31.6. The van der Waals surface area contributed by atoms with Gasteiger partial charge in [0.05, 0.1) is 34.2 Å². The Balaban J connectivity index is 1.46. The van der Waals surface area contributed by atoms with Crippen molar-refractivity contribution in [3.8, 4) is 10.4 Å². The summed E-state index contributed by atoms with van der Waals surface area (Å²) in [5.74, 6) is -1.17. The lowest BCUT2D eigenvalue weighted by atomic mass is 10.1. The van der Waals surface area contributed by atoms with E-state index in [0.29, 0.717) is 22.1 Å². The van der Waals surface area contributed by atoms with E-state index < -0.39 is 23.9 Å². The molecule has 11 heteroatoms. The largest absolute Gasteiger partial charge is 0.442 e. The highest BCUT2D eigenvalue weighted by Crippen LogP contribution is 2.35. The number of cyclic esters (lactones) is 1. The van der Waals surface area contributed by atoms with Crippen LogP contribution in [0.25, 0.3) is 10.4 Å². The van der Waals surface area contributed by atoms with Crippen molar-refractivity contribution in [1.82, 2.24) is 10.3 Å². The molecule has 1 fully saturated rings. The van der Waals surface area contributed by atoms with Crippen molar-refractivity contribution in [3.63, 3.8) is 0 Å². The van der Waals surface area contributed by atoms with Crippen LogP contribution >= 0.6 is 23.6 Å². The number of carbonyl (C=O) groups is 2. The van der Waals surface area contributed by atoms with Crippen molar-refractivity contribution in [2.75, 3.05) is 29.0 Å². The topological polar surface area (TPSA) is 110 Å². The maximum Gasteiger partial charge on any atom is 0.414 e. The van der Waals surface area contributed by atoms with E-state index in [1.54, 1.807) is 6.92 Å². The summed E-state index contributed by atoms with van der Waals surface area (Å²) in [5, 5.41) is 5.78. The normalized spacial score (nSPS) is 15.3. The van der Waals surface area contributed by atoms with Crippen molar-refractivity contribution >= 4 is 57.2 Å². The summed E-state index contributed by atoms with van der Waals surface area (Å²) < 4.78 is 20.0. The standard InChI is InChI=1S/C22H20FN5O3S2/c1-12(32)25-10-15-11-28(22(30)31-15)14-7-8-16(17(23)9-14)20(29)27-21-26-19(24)18(33-21)13-5-3-2-4-6-13/h2-9,15H,10-11,24H2,1H3,(H,25,32)(H,26,27,29)/t15-/m0/s1. The van der Waals surface area contributed by atoms with Crippen molar-refractivity contribution in [1.29, 1.82) is 0 Å². The van der Waals surface area contributed by atoms with Crippen molar-refractivity contribution in [2.45, 2.75) is 13.0 Å². The van der Waals surface area contributed by atoms with Crippen molar-refractivity contribution in [3.05, 3.63) is 59.9 Å². The Labute approximate surface area is 198 Å². The second-order valence-corrected chi connectivity index (χ2v) is 8.88. The van der Waals surface area contributed by atoms with Gasteiger partial charge in [0, 0.05) is 0 Å². The molecule has 170 valence electrons. The number of thiazole rings is 1. The minimum Gasteiger partial charge on any atom is -0.442 e. The van der Waals surface area contributed by atoms with E-state index in [9.17, 15) is 14.0 Å². The average molecular weight is 486 g/mol. The van der Waals surface area contributed by atoms with Crippen LogP contribution in [0.3, 0.4) is 0 Å². The van der Waals surface area contributed by atoms with Crippen LogP contribution in [0.4, 0.5) is 25.8 Å². The van der Waals surface area contributed by atoms with E-state index in [-0.39, 0.29) is 23.1 Å². The molecule has 0 bridgehead atoms. The molecule has 3 aromatic rings. The van der Waals surface area contributed by atoms with Crippen LogP contribution in [-0.4, -0.2) is 41.2 Å². The van der Waals surface area contributed by atoms with Gasteiger partial charge in [0.15, 0.2) is 5.13 Å². The fourth-order valence-electron chi connectivity index (χ4n) is 3.30. The van der Waals surface area contributed by atoms with Crippen molar-refractivity contribution in [2.24, 2.45) is 0 Å². The van der Waals surface area contributed by atoms with Gasteiger partial charge in [-0.1, -0.05) is 53.9 Å². The van der Waals surface area contributed by atoms with Crippen LogP contribution in [0, 0.1) is 5.82 Å². The summed E-state index contributed by atoms with van der Waals surface area (Å²) in [7, 11) is 0. The summed E-state index contributed by atoms with van der Waals surface area (Å²) >= 11 is 6.15. The van der Waals surface area contributed by atoms with Crippen LogP contribution < -0.4 is 21.3 Å². The van der Waals surface area contributed by atoms with Gasteiger partial charge < -0.3 is 15.8 Å². The number of amides is 2. The number of hydrogen-bond donors (Lipinski definition) is 3. The second-order valence-electron chi connectivity index (χ2n) is 7.27. The fourth-order valence-corrected chi connectivity index (χ4v) is 4.27. The first kappa shape index (κ1) is 22.6. The number of nitrogens with one attached hydrogen (secondary N) is 2. The number of carbonyl (C=O) groups excluding carboxylic acids is 2. The number of thiocarbonyl (C=S) groups is 1. The SMILES string of the molecule is CC(=S)NC[C@H]1CN(c2ccc(C(=O)Nc3nc(N)c(-c4ccccc4)s3)c(F)c2)C(=O)O1. The van der Waals surface area contributed by atoms with Crippen LogP contribution in [0.2, 0.25) is 0 Å². The molecule has 8 nitrogen and oxygen atoms in total. The maximum atomic E-state index is 14.8. The molecule has 0 radical (unpaired) electrons. The van der Waals surface area contributed by atoms with E-state index in [1.165, 1.54) is 28.4 Å². The number of ether oxygens (including phenoxy) is 1. The zero-order valence-electron chi connectivity index (χ0n) is 17.5. The highest BCUT2D eigenvalue weighted by atomic mass is 32.1. The minimum atomic E-state index is -0.776. The first-order valence-corrected chi connectivity index (χ1v) is 11.2. The smallest absolute Gasteiger partial charge is 0.414 e. The molecule has 2 aromatic carbocycles. The van der Waals surface area contributed by atoms with Gasteiger partial charge in [-0.2, -0.15) is 0 Å². The van der Waals surface area contributed by atoms with E-state index >= 15 is 0 Å². The summed E-state index contributed by atoms with van der Waals surface area (Å²) in [6, 6.07) is 13.3. The molecule has 1 saturated heterocycles. The van der Waals surface area contributed by atoms with E-state index in [2.05, 4.69) is 15.6 Å². The molecular formula is C22H20FN5O3S2. The lowest BCUT2D eigenvalue weighted by molar-refractivity contribution is 0.102. The van der Waals surface area contributed by atoms with Crippen LogP contribution in [0.5, 0.6) is 0 Å². The van der Waals surface area contributed by atoms with Crippen LogP contribution in [-0.2, 0) is 4.74 Å². The third kappa shape index (κ3) is 5.10. The zero-order valence-corrected chi connectivity index (χ0v) is 19.1. The Bertz CT molecular complexity index is 1220. The number of benzene rings is 2. The highest BCUT2D eigenvalue weighted by molar-refractivity contribution is 7.80. The number of nitrogens with zero attached hydrogens (tertiary/aromatic N) is 2. The monoisotopic (exact) mass is 485 g/mol. The number of rotatable bonds is 6. The average Bonchev–Trinajstić information content (AvgIpc) is 3.34. The molecule has 0 spiro atoms. The molecule has 0 saturated carbocycles. The fraction of sp³-hybridized carbons (Fsp3) is 0.182. The number of aromatic nitrogens is 1. The van der Waals surface area contributed by atoms with E-state index in [0.717, 1.165) is 11.6 Å². The molecule has 0 aliphatic carbocycles. The van der Waals surface area contributed by atoms with Gasteiger partial charge in [0.25, 0.3) is 5.91 Å². The molecule has 1 aliphatic rings. The number of halogens is 1. The molecular weight excluding hydrogens is 465 g/mol. The Kier molecular flexibility index (Phi) is 6.52. The lowest BCUT2D eigenvalue weighted by Gasteiger charge is -2.14. The van der Waals surface area contributed by atoms with Gasteiger partial charge in [-0.15, -0.1) is 0 Å². The van der Waals surface area contributed by atoms with Crippen LogP contribution in [0.15, 0.2) is 48.5 Å². The minimum absolute atomic E-state index is 0.184. The first-order valence-electron chi connectivity index (χ1n) is 9.97. The first-order chi connectivity index (χ1) is 15.8. The second kappa shape index (κ2) is 9.51. The lowest BCUT2D eigenvalue weighted by Crippen LogP contribution is -2.32. The molecule has 1 atom stereocenters. The highest BCUT2D eigenvalue weighted by Gasteiger charge is 2.32. The summed E-state index contributed by atoms with van der Waals surface area (Å²) in [6.07, 6.45) is -1.01. The van der Waals surface area contributed by atoms with Gasteiger partial charge in [0.2, 0.25) is 0 Å². The van der Waals surface area contributed by atoms with E-state index in [4.69, 9.17) is 22.7 Å². The van der Waals surface area contributed by atoms with Gasteiger partial charge in [-0.3, -0.25) is 15.0 Å². The van der Waals surface area contributed by atoms with Gasteiger partial charge in [-0.25, -0.2) is 14.2 Å². The van der Waals surface area contributed by atoms with Crippen molar-refractivity contribution < 1.29 is 18.7 Å². The molecule has 4 rings (SSSR count). The summed E-state index contributed by atoms with van der Waals surface area (Å²) in [5.41, 5.74) is 6.96.